The minimum absolute atomic E-state index is 0.0277. The molecule has 244 valence electrons. The van der Waals surface area contributed by atoms with E-state index in [9.17, 15) is 39.6 Å². The average Bonchev–Trinajstić information content (AvgIpc) is 2.91. The Labute approximate surface area is 269 Å². The fourth-order valence-corrected chi connectivity index (χ4v) is 8.86. The second kappa shape index (κ2) is 11.0. The van der Waals surface area contributed by atoms with E-state index in [1.54, 1.807) is 33.8 Å². The van der Waals surface area contributed by atoms with Crippen LogP contribution in [0.25, 0.3) is 0 Å². The molecule has 4 N–H and O–H groups in total. The molecule has 3 aliphatic carbocycles. The minimum Gasteiger partial charge on any atom is -0.511 e. The largest absolute Gasteiger partial charge is 0.511 e. The van der Waals surface area contributed by atoms with Crippen molar-refractivity contribution in [3.63, 3.8) is 0 Å². The Morgan fingerprint density at radius 1 is 1.00 bits per heavy atom. The number of aryl methyl sites for hydroxylation is 1. The Kier molecular flexibility index (Phi) is 8.00. The van der Waals surface area contributed by atoms with Gasteiger partial charge in [-0.05, 0) is 55.2 Å². The molecule has 0 bridgehead atoms. The third-order valence-corrected chi connectivity index (χ3v) is 10.6. The van der Waals surface area contributed by atoms with Gasteiger partial charge in [0.1, 0.15) is 28.6 Å². The molecule has 0 saturated heterocycles. The number of ketones is 4. The lowest BCUT2D eigenvalue weighted by Crippen LogP contribution is -2.67. The van der Waals surface area contributed by atoms with E-state index < -0.39 is 56.8 Å². The highest BCUT2D eigenvalue weighted by Gasteiger charge is 2.71. The predicted octanol–water partition coefficient (Wildman–Crippen LogP) is 6.13. The fraction of sp³-hybridized carbons (Fsp3) is 0.474. The molecule has 2 aromatic carbocycles. The molecule has 5 rings (SSSR count). The third kappa shape index (κ3) is 4.67. The molecular formula is C38H44O8. The van der Waals surface area contributed by atoms with Crippen LogP contribution in [0.4, 0.5) is 0 Å². The molecular weight excluding hydrogens is 584 g/mol. The number of Topliss-reactive ketones (excluding diaryl/α,β-unsaturated/α-hetero) is 4. The molecule has 3 aliphatic rings. The van der Waals surface area contributed by atoms with Gasteiger partial charge in [-0.2, -0.15) is 0 Å². The molecule has 2 aromatic rings. The molecule has 0 fully saturated rings. The molecule has 0 heterocycles. The lowest BCUT2D eigenvalue weighted by Gasteiger charge is -2.59. The lowest BCUT2D eigenvalue weighted by molar-refractivity contribution is -0.171. The van der Waals surface area contributed by atoms with Crippen molar-refractivity contribution < 1.29 is 39.6 Å². The normalized spacial score (nSPS) is 27.6. The molecule has 0 saturated carbocycles. The van der Waals surface area contributed by atoms with Crippen molar-refractivity contribution in [1.82, 2.24) is 0 Å². The number of carbonyl (C=O) groups excluding carboxylic acids is 4. The van der Waals surface area contributed by atoms with E-state index in [2.05, 4.69) is 0 Å². The number of aliphatic hydroxyl groups excluding tert-OH is 2. The summed E-state index contributed by atoms with van der Waals surface area (Å²) in [4.78, 5) is 54.3. The number of rotatable bonds is 7. The van der Waals surface area contributed by atoms with E-state index in [1.165, 1.54) is 0 Å². The van der Waals surface area contributed by atoms with Gasteiger partial charge in [-0.25, -0.2) is 0 Å². The molecule has 0 aliphatic heterocycles. The maximum atomic E-state index is 14.5. The second-order valence-corrected chi connectivity index (χ2v) is 14.8. The van der Waals surface area contributed by atoms with Crippen LogP contribution >= 0.6 is 0 Å². The molecule has 0 radical (unpaired) electrons. The average molecular weight is 629 g/mol. The molecule has 0 aromatic heterocycles. The fourth-order valence-electron chi connectivity index (χ4n) is 8.86. The van der Waals surface area contributed by atoms with Gasteiger partial charge in [-0.15, -0.1) is 0 Å². The van der Waals surface area contributed by atoms with E-state index in [-0.39, 0.29) is 65.8 Å². The van der Waals surface area contributed by atoms with Gasteiger partial charge in [0.15, 0.2) is 17.2 Å². The van der Waals surface area contributed by atoms with E-state index in [1.807, 2.05) is 45.0 Å². The number of phenols is 1. The van der Waals surface area contributed by atoms with Gasteiger partial charge in [0.05, 0.1) is 5.56 Å². The van der Waals surface area contributed by atoms with Crippen LogP contribution in [0.5, 0.6) is 5.75 Å². The Bertz CT molecular complexity index is 1770. The van der Waals surface area contributed by atoms with Crippen molar-refractivity contribution in [2.24, 2.45) is 22.7 Å². The number of fused-ring (bicyclic) bond motifs is 3. The Morgan fingerprint density at radius 3 is 2.22 bits per heavy atom. The van der Waals surface area contributed by atoms with Crippen LogP contribution in [0.3, 0.4) is 0 Å². The van der Waals surface area contributed by atoms with Crippen LogP contribution in [0, 0.1) is 29.6 Å². The van der Waals surface area contributed by atoms with Crippen molar-refractivity contribution >= 4 is 23.1 Å². The SMILES string of the molecule is CC(=O)C1=C(O)C(C(C)C)[C@@]2(C)C[C@@]3(C)Cc4c(C(C)C)cc(CC(=O)Cc5cccc(C)c5)c(O)c4C(=O)C3=C(O)[C@@]2(O)C1=O. The van der Waals surface area contributed by atoms with Crippen LogP contribution in [0.2, 0.25) is 0 Å². The van der Waals surface area contributed by atoms with Crippen molar-refractivity contribution in [2.75, 3.05) is 0 Å². The van der Waals surface area contributed by atoms with Crippen LogP contribution in [0.15, 0.2) is 53.0 Å². The molecule has 4 atom stereocenters. The van der Waals surface area contributed by atoms with Crippen molar-refractivity contribution in [1.29, 1.82) is 0 Å². The summed E-state index contributed by atoms with van der Waals surface area (Å²) >= 11 is 0. The summed E-state index contributed by atoms with van der Waals surface area (Å²) < 4.78 is 0. The van der Waals surface area contributed by atoms with Gasteiger partial charge in [0.25, 0.3) is 0 Å². The number of aliphatic hydroxyl groups is 3. The van der Waals surface area contributed by atoms with E-state index in [0.717, 1.165) is 23.6 Å². The maximum absolute atomic E-state index is 14.5. The highest BCUT2D eigenvalue weighted by atomic mass is 16.3. The van der Waals surface area contributed by atoms with Crippen molar-refractivity contribution in [3.05, 3.63) is 86.4 Å². The summed E-state index contributed by atoms with van der Waals surface area (Å²) in [6.45, 7) is 14.0. The van der Waals surface area contributed by atoms with Crippen molar-refractivity contribution in [2.45, 2.75) is 92.6 Å². The first kappa shape index (κ1) is 33.3. The second-order valence-electron chi connectivity index (χ2n) is 14.8. The zero-order valence-electron chi connectivity index (χ0n) is 27.9. The molecule has 46 heavy (non-hydrogen) atoms. The first-order chi connectivity index (χ1) is 21.3. The number of aromatic hydroxyl groups is 1. The number of carbonyl (C=O) groups is 4. The van der Waals surface area contributed by atoms with E-state index in [4.69, 9.17) is 0 Å². The summed E-state index contributed by atoms with van der Waals surface area (Å²) in [7, 11) is 0. The Hall–Kier alpha value is -4.04. The Morgan fingerprint density at radius 2 is 1.65 bits per heavy atom. The third-order valence-electron chi connectivity index (χ3n) is 10.6. The summed E-state index contributed by atoms with van der Waals surface area (Å²) in [5.41, 5.74) is -2.57. The molecule has 8 heteroatoms. The van der Waals surface area contributed by atoms with Crippen molar-refractivity contribution in [3.8, 4) is 5.75 Å². The highest BCUT2D eigenvalue weighted by Crippen LogP contribution is 2.65. The van der Waals surface area contributed by atoms with Gasteiger partial charge in [-0.3, -0.25) is 19.2 Å². The maximum Gasteiger partial charge on any atom is 0.209 e. The lowest BCUT2D eigenvalue weighted by atomic mass is 9.44. The topological polar surface area (TPSA) is 149 Å². The number of hydrogen-bond acceptors (Lipinski definition) is 8. The zero-order valence-corrected chi connectivity index (χ0v) is 27.9. The first-order valence-corrected chi connectivity index (χ1v) is 15.9. The smallest absolute Gasteiger partial charge is 0.209 e. The highest BCUT2D eigenvalue weighted by molar-refractivity contribution is 6.25. The van der Waals surface area contributed by atoms with Gasteiger partial charge in [-0.1, -0.05) is 77.4 Å². The predicted molar refractivity (Wildman–Crippen MR) is 173 cm³/mol. The van der Waals surface area contributed by atoms with Crippen LogP contribution in [0.1, 0.15) is 99.0 Å². The number of allylic oxidation sites excluding steroid dienone is 2. The summed E-state index contributed by atoms with van der Waals surface area (Å²) in [6.07, 6.45) is 0.252. The monoisotopic (exact) mass is 628 g/mol. The molecule has 1 unspecified atom stereocenters. The Balaban J connectivity index is 1.69. The van der Waals surface area contributed by atoms with Crippen LogP contribution in [-0.4, -0.2) is 49.2 Å². The first-order valence-electron chi connectivity index (χ1n) is 15.9. The van der Waals surface area contributed by atoms with Gasteiger partial charge in [0, 0.05) is 40.7 Å². The number of phenolic OH excluding ortho intramolecular Hbond substituents is 1. The van der Waals surface area contributed by atoms with Gasteiger partial charge >= 0.3 is 0 Å². The van der Waals surface area contributed by atoms with Crippen LogP contribution in [-0.2, 0) is 33.6 Å². The molecule has 0 spiro atoms. The quantitative estimate of drug-likeness (QED) is 0.268. The summed E-state index contributed by atoms with van der Waals surface area (Å²) in [5, 5.41) is 47.1. The molecule has 0 amide bonds. The minimum atomic E-state index is -2.67. The van der Waals surface area contributed by atoms with E-state index >= 15 is 0 Å². The van der Waals surface area contributed by atoms with Crippen LogP contribution < -0.4 is 0 Å². The summed E-state index contributed by atoms with van der Waals surface area (Å²) in [6, 6.07) is 9.39. The van der Waals surface area contributed by atoms with E-state index in [0.29, 0.717) is 5.56 Å². The van der Waals surface area contributed by atoms with Gasteiger partial charge in [0.2, 0.25) is 5.78 Å². The summed E-state index contributed by atoms with van der Waals surface area (Å²) in [5.74, 6) is -5.73. The zero-order chi connectivity index (χ0) is 34.3. The standard InChI is InChI=1S/C38H44O8/c1-18(2)25-15-23(14-24(40)13-22-11-9-10-20(5)12-22)31(41)28-26(25)16-36(7)17-37(8)29(19(3)4)32(42)27(21(6)39)34(44)38(37,46)35(45)30(36)33(28)43/h9-12,15,18-19,29,41-42,45-46H,13-14,16-17H2,1-8H3/t29?,36-,37-,38+/m1/s1. The number of hydrogen-bond donors (Lipinski definition) is 4. The molecule has 8 nitrogen and oxygen atoms in total. The number of benzene rings is 2. The van der Waals surface area contributed by atoms with Gasteiger partial charge < -0.3 is 20.4 Å².